The van der Waals surface area contributed by atoms with E-state index in [1.54, 1.807) is 19.9 Å². The highest BCUT2D eigenvalue weighted by Crippen LogP contribution is 2.24. The van der Waals surface area contributed by atoms with Gasteiger partial charge in [0.1, 0.15) is 9.88 Å². The van der Waals surface area contributed by atoms with Gasteiger partial charge >= 0.3 is 5.97 Å². The molecule has 0 aliphatic carbocycles. The molecular weight excluding hydrogens is 290 g/mol. The zero-order valence-corrected chi connectivity index (χ0v) is 13.1. The van der Waals surface area contributed by atoms with E-state index in [-0.39, 0.29) is 16.8 Å². The standard InChI is InChI=1S/C14H17N3O3S/c1-7-11(14(19)20)21-13(16-7)8(2)15-12(18)10-5-6-17(4)9(10)3/h5-6,8H,1-4H3,(H,15,18)(H,19,20). The topological polar surface area (TPSA) is 84.2 Å². The summed E-state index contributed by atoms with van der Waals surface area (Å²) >= 11 is 1.09. The van der Waals surface area contributed by atoms with Gasteiger partial charge in [-0.3, -0.25) is 4.79 Å². The number of nitrogens with zero attached hydrogens (tertiary/aromatic N) is 2. The summed E-state index contributed by atoms with van der Waals surface area (Å²) in [5, 5.41) is 12.5. The van der Waals surface area contributed by atoms with Gasteiger partial charge in [-0.25, -0.2) is 9.78 Å². The maximum Gasteiger partial charge on any atom is 0.347 e. The van der Waals surface area contributed by atoms with Gasteiger partial charge in [0, 0.05) is 18.9 Å². The molecule has 0 aromatic carbocycles. The number of hydrogen-bond donors (Lipinski definition) is 2. The molecule has 112 valence electrons. The molecule has 0 aliphatic rings. The molecule has 0 spiro atoms. The lowest BCUT2D eigenvalue weighted by molar-refractivity contribution is 0.0701. The highest BCUT2D eigenvalue weighted by Gasteiger charge is 2.20. The van der Waals surface area contributed by atoms with Crippen LogP contribution in [0, 0.1) is 13.8 Å². The number of nitrogens with one attached hydrogen (secondary N) is 1. The van der Waals surface area contributed by atoms with Crippen molar-refractivity contribution in [2.24, 2.45) is 7.05 Å². The van der Waals surface area contributed by atoms with Crippen molar-refractivity contribution < 1.29 is 14.7 Å². The molecule has 21 heavy (non-hydrogen) atoms. The summed E-state index contributed by atoms with van der Waals surface area (Å²) in [6, 6.07) is 1.42. The molecule has 0 saturated heterocycles. The second-order valence-electron chi connectivity index (χ2n) is 4.89. The summed E-state index contributed by atoms with van der Waals surface area (Å²) in [4.78, 5) is 27.7. The Hall–Kier alpha value is -2.15. The fraction of sp³-hybridized carbons (Fsp3) is 0.357. The number of carbonyl (C=O) groups excluding carboxylic acids is 1. The molecule has 1 unspecified atom stereocenters. The van der Waals surface area contributed by atoms with Gasteiger partial charge < -0.3 is 15.0 Å². The normalized spacial score (nSPS) is 12.2. The first kappa shape index (κ1) is 15.2. The molecule has 2 rings (SSSR count). The number of thiazole rings is 1. The number of aromatic nitrogens is 2. The highest BCUT2D eigenvalue weighted by atomic mass is 32.1. The maximum atomic E-state index is 12.2. The van der Waals surface area contributed by atoms with Crippen molar-refractivity contribution in [2.45, 2.75) is 26.8 Å². The molecule has 2 N–H and O–H groups in total. The van der Waals surface area contributed by atoms with Crippen LogP contribution in [0.4, 0.5) is 0 Å². The number of carbonyl (C=O) groups is 2. The number of aryl methyl sites for hydroxylation is 2. The molecular formula is C14H17N3O3S. The van der Waals surface area contributed by atoms with Gasteiger partial charge in [0.25, 0.3) is 5.91 Å². The maximum absolute atomic E-state index is 12.2. The van der Waals surface area contributed by atoms with Gasteiger partial charge in [0.15, 0.2) is 0 Å². The largest absolute Gasteiger partial charge is 0.477 e. The molecule has 0 aliphatic heterocycles. The molecule has 2 aromatic rings. The Bertz CT molecular complexity index is 702. The summed E-state index contributed by atoms with van der Waals surface area (Å²) < 4.78 is 1.87. The summed E-state index contributed by atoms with van der Waals surface area (Å²) in [5.41, 5.74) is 1.96. The Kier molecular flexibility index (Phi) is 4.13. The number of carboxylic acids is 1. The van der Waals surface area contributed by atoms with Crippen molar-refractivity contribution >= 4 is 23.2 Å². The van der Waals surface area contributed by atoms with E-state index in [4.69, 9.17) is 5.11 Å². The summed E-state index contributed by atoms with van der Waals surface area (Å²) in [6.07, 6.45) is 1.82. The third kappa shape index (κ3) is 2.97. The van der Waals surface area contributed by atoms with E-state index >= 15 is 0 Å². The van der Waals surface area contributed by atoms with E-state index < -0.39 is 5.97 Å². The predicted molar refractivity (Wildman–Crippen MR) is 79.8 cm³/mol. The molecule has 7 heteroatoms. The second-order valence-corrected chi connectivity index (χ2v) is 5.92. The molecule has 0 saturated carbocycles. The van der Waals surface area contributed by atoms with Crippen LogP contribution in [0.3, 0.4) is 0 Å². The van der Waals surface area contributed by atoms with E-state index in [0.717, 1.165) is 17.0 Å². The van der Waals surface area contributed by atoms with Crippen LogP contribution in [0.25, 0.3) is 0 Å². The first-order valence-corrected chi connectivity index (χ1v) is 7.26. The Labute approximate surface area is 126 Å². The quantitative estimate of drug-likeness (QED) is 0.907. The van der Waals surface area contributed by atoms with Crippen molar-refractivity contribution in [3.63, 3.8) is 0 Å². The zero-order chi connectivity index (χ0) is 15.7. The minimum absolute atomic E-state index is 0.190. The SMILES string of the molecule is Cc1nc(C(C)NC(=O)c2ccn(C)c2C)sc1C(=O)O. The van der Waals surface area contributed by atoms with Crippen LogP contribution in [-0.4, -0.2) is 26.5 Å². The third-order valence-corrected chi connectivity index (χ3v) is 4.68. The Morgan fingerprint density at radius 2 is 2.10 bits per heavy atom. The van der Waals surface area contributed by atoms with Gasteiger partial charge in [-0.05, 0) is 26.8 Å². The summed E-state index contributed by atoms with van der Waals surface area (Å²) in [6.45, 7) is 5.31. The van der Waals surface area contributed by atoms with Crippen LogP contribution in [-0.2, 0) is 7.05 Å². The Morgan fingerprint density at radius 1 is 1.43 bits per heavy atom. The van der Waals surface area contributed by atoms with Crippen molar-refractivity contribution in [2.75, 3.05) is 0 Å². The van der Waals surface area contributed by atoms with Crippen molar-refractivity contribution in [3.8, 4) is 0 Å². The Morgan fingerprint density at radius 3 is 2.57 bits per heavy atom. The van der Waals surface area contributed by atoms with Gasteiger partial charge in [0.05, 0.1) is 17.3 Å². The van der Waals surface area contributed by atoms with Crippen LogP contribution < -0.4 is 5.32 Å². The van der Waals surface area contributed by atoms with Crippen molar-refractivity contribution in [1.82, 2.24) is 14.9 Å². The minimum Gasteiger partial charge on any atom is -0.477 e. The van der Waals surface area contributed by atoms with Crippen LogP contribution >= 0.6 is 11.3 Å². The lowest BCUT2D eigenvalue weighted by Gasteiger charge is -2.11. The summed E-state index contributed by atoms with van der Waals surface area (Å²) in [5.74, 6) is -1.18. The van der Waals surface area contributed by atoms with Crippen LogP contribution in [0.1, 0.15) is 49.4 Å². The minimum atomic E-state index is -0.992. The van der Waals surface area contributed by atoms with E-state index in [9.17, 15) is 9.59 Å². The smallest absolute Gasteiger partial charge is 0.347 e. The van der Waals surface area contributed by atoms with Crippen LogP contribution in [0.15, 0.2) is 12.3 Å². The molecule has 0 radical (unpaired) electrons. The van der Waals surface area contributed by atoms with Crippen molar-refractivity contribution in [1.29, 1.82) is 0 Å². The second kappa shape index (κ2) is 5.69. The predicted octanol–water partition coefficient (Wildman–Crippen LogP) is 2.29. The van der Waals surface area contributed by atoms with Gasteiger partial charge in [0.2, 0.25) is 0 Å². The van der Waals surface area contributed by atoms with Gasteiger partial charge in [-0.2, -0.15) is 0 Å². The van der Waals surface area contributed by atoms with Crippen molar-refractivity contribution in [3.05, 3.63) is 39.1 Å². The number of hydrogen-bond acceptors (Lipinski definition) is 4. The molecule has 2 heterocycles. The van der Waals surface area contributed by atoms with Gasteiger partial charge in [-0.1, -0.05) is 0 Å². The number of amides is 1. The van der Waals surface area contributed by atoms with E-state index in [2.05, 4.69) is 10.3 Å². The lowest BCUT2D eigenvalue weighted by Crippen LogP contribution is -2.27. The number of aromatic carboxylic acids is 1. The van der Waals surface area contributed by atoms with E-state index in [1.807, 2.05) is 24.7 Å². The first-order chi connectivity index (χ1) is 9.81. The highest BCUT2D eigenvalue weighted by molar-refractivity contribution is 7.13. The molecule has 1 atom stereocenters. The molecule has 1 amide bonds. The summed E-state index contributed by atoms with van der Waals surface area (Å²) in [7, 11) is 1.87. The van der Waals surface area contributed by atoms with E-state index in [0.29, 0.717) is 16.3 Å². The Balaban J connectivity index is 2.16. The molecule has 2 aromatic heterocycles. The first-order valence-electron chi connectivity index (χ1n) is 6.44. The van der Waals surface area contributed by atoms with E-state index in [1.165, 1.54) is 0 Å². The monoisotopic (exact) mass is 307 g/mol. The number of carboxylic acid groups (broad SMARTS) is 1. The van der Waals surface area contributed by atoms with Crippen LogP contribution in [0.5, 0.6) is 0 Å². The average Bonchev–Trinajstić information content (AvgIpc) is 2.94. The molecule has 6 nitrogen and oxygen atoms in total. The molecule has 0 bridgehead atoms. The fourth-order valence-corrected chi connectivity index (χ4v) is 2.89. The van der Waals surface area contributed by atoms with Crippen LogP contribution in [0.2, 0.25) is 0 Å². The number of rotatable bonds is 4. The third-order valence-electron chi connectivity index (χ3n) is 3.35. The fourth-order valence-electron chi connectivity index (χ4n) is 1.99. The van der Waals surface area contributed by atoms with Gasteiger partial charge in [-0.15, -0.1) is 11.3 Å². The lowest BCUT2D eigenvalue weighted by atomic mass is 10.2. The molecule has 0 fully saturated rings. The average molecular weight is 307 g/mol. The zero-order valence-electron chi connectivity index (χ0n) is 12.3.